The van der Waals surface area contributed by atoms with Crippen molar-refractivity contribution in [2.45, 2.75) is 64.8 Å². The van der Waals surface area contributed by atoms with Gasteiger partial charge in [-0.3, -0.25) is 9.59 Å². The van der Waals surface area contributed by atoms with Gasteiger partial charge in [0.2, 0.25) is 11.8 Å². The lowest BCUT2D eigenvalue weighted by atomic mass is 9.97. The van der Waals surface area contributed by atoms with Crippen LogP contribution in [0.4, 0.5) is 5.69 Å². The molecule has 0 atom stereocenters. The molecule has 2 rings (SSSR count). The highest BCUT2D eigenvalue weighted by atomic mass is 16.2. The number of hydrogen-bond acceptors (Lipinski definition) is 2. The Morgan fingerprint density at radius 3 is 2.22 bits per heavy atom. The van der Waals surface area contributed by atoms with Gasteiger partial charge in [-0.05, 0) is 43.4 Å². The number of carbonyl (C=O) groups is 2. The van der Waals surface area contributed by atoms with E-state index in [2.05, 4.69) is 24.5 Å². The lowest BCUT2D eigenvalue weighted by Gasteiger charge is -2.15. The topological polar surface area (TPSA) is 58.2 Å². The molecule has 4 nitrogen and oxygen atoms in total. The maximum absolute atomic E-state index is 12.3. The third-order valence-electron chi connectivity index (χ3n) is 4.17. The summed E-state index contributed by atoms with van der Waals surface area (Å²) >= 11 is 0. The molecule has 1 aliphatic carbocycles. The predicted octanol–water partition coefficient (Wildman–Crippen LogP) is 3.66. The zero-order chi connectivity index (χ0) is 16.7. The molecule has 0 heterocycles. The quantitative estimate of drug-likeness (QED) is 0.730. The van der Waals surface area contributed by atoms with Gasteiger partial charge in [0.15, 0.2) is 0 Å². The van der Waals surface area contributed by atoms with Gasteiger partial charge in [0.25, 0.3) is 0 Å². The van der Waals surface area contributed by atoms with Gasteiger partial charge in [-0.1, -0.05) is 38.8 Å². The zero-order valence-corrected chi connectivity index (χ0v) is 14.2. The average molecular weight is 316 g/mol. The maximum Gasteiger partial charge on any atom is 0.227 e. The molecule has 4 heteroatoms. The Labute approximate surface area is 139 Å². The number of carbonyl (C=O) groups excluding carboxylic acids is 2. The second-order valence-electron chi connectivity index (χ2n) is 6.48. The fourth-order valence-corrected chi connectivity index (χ4v) is 2.75. The van der Waals surface area contributed by atoms with E-state index >= 15 is 0 Å². The molecule has 1 aliphatic rings. The van der Waals surface area contributed by atoms with Gasteiger partial charge in [0, 0.05) is 17.6 Å². The lowest BCUT2D eigenvalue weighted by molar-refractivity contribution is -0.121. The largest absolute Gasteiger partial charge is 0.353 e. The molecule has 1 aromatic rings. The molecule has 0 radical (unpaired) electrons. The van der Waals surface area contributed by atoms with E-state index < -0.39 is 0 Å². The summed E-state index contributed by atoms with van der Waals surface area (Å²) in [5.74, 6) is 0.275. The van der Waals surface area contributed by atoms with Gasteiger partial charge in [0.1, 0.15) is 0 Å². The summed E-state index contributed by atoms with van der Waals surface area (Å²) in [6.07, 6.45) is 6.51. The van der Waals surface area contributed by atoms with Crippen molar-refractivity contribution < 1.29 is 9.59 Å². The van der Waals surface area contributed by atoms with Crippen molar-refractivity contribution in [2.75, 3.05) is 5.32 Å². The number of hydrogen-bond donors (Lipinski definition) is 2. The van der Waals surface area contributed by atoms with Gasteiger partial charge in [-0.25, -0.2) is 0 Å². The first-order valence-corrected chi connectivity index (χ1v) is 8.81. The predicted molar refractivity (Wildman–Crippen MR) is 93.2 cm³/mol. The van der Waals surface area contributed by atoms with Crippen LogP contribution in [-0.4, -0.2) is 17.9 Å². The number of benzene rings is 1. The SMILES string of the molecule is CCCC(CCC)C(=O)Nc1ccc(CC(=O)NC2CC2)cc1. The molecule has 23 heavy (non-hydrogen) atoms. The van der Waals surface area contributed by atoms with E-state index in [1.807, 2.05) is 24.3 Å². The molecule has 0 aromatic heterocycles. The van der Waals surface area contributed by atoms with Gasteiger partial charge < -0.3 is 10.6 Å². The number of anilines is 1. The summed E-state index contributed by atoms with van der Waals surface area (Å²) in [5.41, 5.74) is 1.78. The molecule has 0 bridgehead atoms. The van der Waals surface area contributed by atoms with Gasteiger partial charge in [0.05, 0.1) is 6.42 Å². The van der Waals surface area contributed by atoms with Crippen LogP contribution >= 0.6 is 0 Å². The van der Waals surface area contributed by atoms with Crippen molar-refractivity contribution in [3.05, 3.63) is 29.8 Å². The van der Waals surface area contributed by atoms with Crippen molar-refractivity contribution in [3.63, 3.8) is 0 Å². The molecule has 0 spiro atoms. The number of nitrogens with one attached hydrogen (secondary N) is 2. The minimum absolute atomic E-state index is 0.0789. The van der Waals surface area contributed by atoms with Crippen LogP contribution in [0.1, 0.15) is 57.9 Å². The van der Waals surface area contributed by atoms with Crippen LogP contribution in [0.5, 0.6) is 0 Å². The van der Waals surface area contributed by atoms with E-state index in [4.69, 9.17) is 0 Å². The summed E-state index contributed by atoms with van der Waals surface area (Å²) in [7, 11) is 0. The minimum Gasteiger partial charge on any atom is -0.353 e. The average Bonchev–Trinajstić information content (AvgIpc) is 3.33. The minimum atomic E-state index is 0.0789. The van der Waals surface area contributed by atoms with Crippen LogP contribution in [0.3, 0.4) is 0 Å². The molecule has 2 N–H and O–H groups in total. The molecule has 0 unspecified atom stereocenters. The van der Waals surface area contributed by atoms with E-state index in [-0.39, 0.29) is 17.7 Å². The van der Waals surface area contributed by atoms with Gasteiger partial charge >= 0.3 is 0 Å². The lowest BCUT2D eigenvalue weighted by Crippen LogP contribution is -2.27. The van der Waals surface area contributed by atoms with Crippen LogP contribution in [0, 0.1) is 5.92 Å². The second-order valence-corrected chi connectivity index (χ2v) is 6.48. The van der Waals surface area contributed by atoms with E-state index in [9.17, 15) is 9.59 Å². The van der Waals surface area contributed by atoms with Crippen molar-refractivity contribution in [1.82, 2.24) is 5.32 Å². The zero-order valence-electron chi connectivity index (χ0n) is 14.2. The first-order chi connectivity index (χ1) is 11.1. The maximum atomic E-state index is 12.3. The van der Waals surface area contributed by atoms with Crippen LogP contribution in [0.25, 0.3) is 0 Å². The Kier molecular flexibility index (Phi) is 6.63. The Hall–Kier alpha value is -1.84. The summed E-state index contributed by atoms with van der Waals surface area (Å²) in [4.78, 5) is 24.1. The summed E-state index contributed by atoms with van der Waals surface area (Å²) in [5, 5.41) is 5.98. The highest BCUT2D eigenvalue weighted by Gasteiger charge is 2.23. The molecule has 0 saturated heterocycles. The molecule has 126 valence electrons. The molecule has 2 amide bonds. The normalized spacial score (nSPS) is 13.9. The Morgan fingerprint density at radius 2 is 1.70 bits per heavy atom. The van der Waals surface area contributed by atoms with Crippen LogP contribution in [-0.2, 0) is 16.0 Å². The highest BCUT2D eigenvalue weighted by Crippen LogP contribution is 2.19. The molecular weight excluding hydrogens is 288 g/mol. The molecule has 1 aromatic carbocycles. The fraction of sp³-hybridized carbons (Fsp3) is 0.579. The monoisotopic (exact) mass is 316 g/mol. The van der Waals surface area contributed by atoms with Crippen LogP contribution < -0.4 is 10.6 Å². The van der Waals surface area contributed by atoms with E-state index in [1.54, 1.807) is 0 Å². The smallest absolute Gasteiger partial charge is 0.227 e. The van der Waals surface area contributed by atoms with E-state index in [0.717, 1.165) is 49.8 Å². The first-order valence-electron chi connectivity index (χ1n) is 8.81. The third kappa shape index (κ3) is 6.05. The second kappa shape index (κ2) is 8.70. The van der Waals surface area contributed by atoms with Crippen LogP contribution in [0.15, 0.2) is 24.3 Å². The number of amides is 2. The highest BCUT2D eigenvalue weighted by molar-refractivity contribution is 5.92. The van der Waals surface area contributed by atoms with Crippen molar-refractivity contribution in [3.8, 4) is 0 Å². The Bertz CT molecular complexity index is 515. The van der Waals surface area contributed by atoms with E-state index in [1.165, 1.54) is 0 Å². The Balaban J connectivity index is 1.85. The molecule has 0 aliphatic heterocycles. The number of rotatable bonds is 9. The van der Waals surface area contributed by atoms with Crippen molar-refractivity contribution in [1.29, 1.82) is 0 Å². The summed E-state index contributed by atoms with van der Waals surface area (Å²) in [6, 6.07) is 7.99. The van der Waals surface area contributed by atoms with Crippen LogP contribution in [0.2, 0.25) is 0 Å². The summed E-state index contributed by atoms with van der Waals surface area (Å²) < 4.78 is 0. The molecular formula is C19H28N2O2. The Morgan fingerprint density at radius 1 is 1.09 bits per heavy atom. The van der Waals surface area contributed by atoms with Crippen molar-refractivity contribution >= 4 is 17.5 Å². The standard InChI is InChI=1S/C19H28N2O2/c1-3-5-15(6-4-2)19(23)21-17-9-7-14(8-10-17)13-18(22)20-16-11-12-16/h7-10,15-16H,3-6,11-13H2,1-2H3,(H,20,22)(H,21,23). The van der Waals surface area contributed by atoms with Gasteiger partial charge in [-0.2, -0.15) is 0 Å². The fourth-order valence-electron chi connectivity index (χ4n) is 2.75. The first kappa shape index (κ1) is 17.5. The van der Waals surface area contributed by atoms with Crippen molar-refractivity contribution in [2.24, 2.45) is 5.92 Å². The summed E-state index contributed by atoms with van der Waals surface area (Å²) in [6.45, 7) is 4.22. The molecule has 1 saturated carbocycles. The molecule has 1 fully saturated rings. The third-order valence-corrected chi connectivity index (χ3v) is 4.17. The van der Waals surface area contributed by atoms with E-state index in [0.29, 0.717) is 12.5 Å². The van der Waals surface area contributed by atoms with Gasteiger partial charge in [-0.15, -0.1) is 0 Å².